The fraction of sp³-hybridized carbons (Fsp3) is 0.846. The molecule has 0 aliphatic rings. The standard InChI is InChI=1S/C13H26N4/c1-12(2)7-8-13-11-17(16-15-13)10-6-4-3-5-9-14/h11-12H,3-10,14H2,1-2H3. The van der Waals surface area contributed by atoms with Crippen molar-refractivity contribution >= 4 is 0 Å². The van der Waals surface area contributed by atoms with Crippen LogP contribution in [0, 0.1) is 5.92 Å². The molecule has 1 rings (SSSR count). The van der Waals surface area contributed by atoms with Gasteiger partial charge >= 0.3 is 0 Å². The molecule has 0 atom stereocenters. The number of nitrogens with zero attached hydrogens (tertiary/aromatic N) is 3. The van der Waals surface area contributed by atoms with E-state index >= 15 is 0 Å². The minimum atomic E-state index is 0.733. The third-order valence-corrected chi connectivity index (χ3v) is 2.91. The molecule has 4 nitrogen and oxygen atoms in total. The molecular formula is C13H26N4. The molecule has 4 heteroatoms. The highest BCUT2D eigenvalue weighted by Gasteiger charge is 2.02. The first kappa shape index (κ1) is 14.2. The molecule has 0 aromatic carbocycles. The molecule has 0 aliphatic heterocycles. The molecule has 0 radical (unpaired) electrons. The zero-order chi connectivity index (χ0) is 12.5. The molecule has 0 spiro atoms. The predicted octanol–water partition coefficient (Wildman–Crippen LogP) is 2.39. The second-order valence-corrected chi connectivity index (χ2v) is 5.11. The maximum Gasteiger partial charge on any atom is 0.0827 e. The lowest BCUT2D eigenvalue weighted by Crippen LogP contribution is -2.00. The largest absolute Gasteiger partial charge is 0.330 e. The highest BCUT2D eigenvalue weighted by atomic mass is 15.4. The molecule has 98 valence electrons. The Hall–Kier alpha value is -0.900. The maximum absolute atomic E-state index is 5.46. The summed E-state index contributed by atoms with van der Waals surface area (Å²) in [5, 5.41) is 8.35. The Morgan fingerprint density at radius 3 is 2.71 bits per heavy atom. The Balaban J connectivity index is 2.17. The van der Waals surface area contributed by atoms with Gasteiger partial charge in [0.1, 0.15) is 0 Å². The molecular weight excluding hydrogens is 212 g/mol. The number of unbranched alkanes of at least 4 members (excludes halogenated alkanes) is 3. The molecule has 1 heterocycles. The van der Waals surface area contributed by atoms with Gasteiger partial charge in [0.05, 0.1) is 5.69 Å². The van der Waals surface area contributed by atoms with Crippen LogP contribution in [0.1, 0.15) is 51.6 Å². The number of hydrogen-bond donors (Lipinski definition) is 1. The van der Waals surface area contributed by atoms with Crippen molar-refractivity contribution in [2.75, 3.05) is 6.54 Å². The smallest absolute Gasteiger partial charge is 0.0827 e. The average molecular weight is 238 g/mol. The van der Waals surface area contributed by atoms with E-state index < -0.39 is 0 Å². The molecule has 2 N–H and O–H groups in total. The minimum absolute atomic E-state index is 0.733. The van der Waals surface area contributed by atoms with Crippen molar-refractivity contribution in [2.45, 2.75) is 58.9 Å². The molecule has 0 aliphatic carbocycles. The lowest BCUT2D eigenvalue weighted by Gasteiger charge is -2.01. The number of aryl methyl sites for hydroxylation is 2. The van der Waals surface area contributed by atoms with Crippen molar-refractivity contribution in [3.63, 3.8) is 0 Å². The van der Waals surface area contributed by atoms with Crippen LogP contribution < -0.4 is 5.73 Å². The Labute approximate surface area is 105 Å². The Morgan fingerprint density at radius 1 is 1.24 bits per heavy atom. The van der Waals surface area contributed by atoms with Crippen LogP contribution in [0.5, 0.6) is 0 Å². The van der Waals surface area contributed by atoms with E-state index in [9.17, 15) is 0 Å². The third kappa shape index (κ3) is 6.41. The first-order valence-corrected chi connectivity index (χ1v) is 6.81. The third-order valence-electron chi connectivity index (χ3n) is 2.91. The highest BCUT2D eigenvalue weighted by Crippen LogP contribution is 2.07. The van der Waals surface area contributed by atoms with Crippen molar-refractivity contribution in [3.8, 4) is 0 Å². The summed E-state index contributed by atoms with van der Waals surface area (Å²) in [6.45, 7) is 6.27. The summed E-state index contributed by atoms with van der Waals surface area (Å²) >= 11 is 0. The zero-order valence-corrected chi connectivity index (χ0v) is 11.2. The lowest BCUT2D eigenvalue weighted by atomic mass is 10.1. The highest BCUT2D eigenvalue weighted by molar-refractivity contribution is 4.92. The summed E-state index contributed by atoms with van der Waals surface area (Å²) in [5.41, 5.74) is 6.58. The van der Waals surface area contributed by atoms with Crippen molar-refractivity contribution in [3.05, 3.63) is 11.9 Å². The van der Waals surface area contributed by atoms with Crippen LogP contribution in [0.2, 0.25) is 0 Å². The summed E-state index contributed by atoms with van der Waals surface area (Å²) in [6.07, 6.45) is 9.10. The van der Waals surface area contributed by atoms with Gasteiger partial charge in [-0.3, -0.25) is 4.68 Å². The Morgan fingerprint density at radius 2 is 2.00 bits per heavy atom. The average Bonchev–Trinajstić information content (AvgIpc) is 2.74. The van der Waals surface area contributed by atoms with Crippen molar-refractivity contribution in [2.24, 2.45) is 11.7 Å². The second kappa shape index (κ2) is 8.23. The van der Waals surface area contributed by atoms with E-state index in [1.807, 2.05) is 4.68 Å². The summed E-state index contributed by atoms with van der Waals surface area (Å²) in [6, 6.07) is 0. The van der Waals surface area contributed by atoms with Gasteiger partial charge in [0, 0.05) is 12.7 Å². The molecule has 0 unspecified atom stereocenters. The van der Waals surface area contributed by atoms with Crippen LogP contribution in [0.4, 0.5) is 0 Å². The van der Waals surface area contributed by atoms with E-state index in [2.05, 4.69) is 30.4 Å². The van der Waals surface area contributed by atoms with E-state index in [0.29, 0.717) is 0 Å². The predicted molar refractivity (Wildman–Crippen MR) is 70.7 cm³/mol. The van der Waals surface area contributed by atoms with Crippen LogP contribution in [0.25, 0.3) is 0 Å². The summed E-state index contributed by atoms with van der Waals surface area (Å²) < 4.78 is 1.97. The SMILES string of the molecule is CC(C)CCc1cn(CCCCCCN)nn1. The van der Waals surface area contributed by atoms with Crippen LogP contribution in [-0.2, 0) is 13.0 Å². The lowest BCUT2D eigenvalue weighted by molar-refractivity contribution is 0.524. The van der Waals surface area contributed by atoms with Gasteiger partial charge in [-0.2, -0.15) is 0 Å². The molecule has 0 amide bonds. The second-order valence-electron chi connectivity index (χ2n) is 5.11. The van der Waals surface area contributed by atoms with E-state index in [1.165, 1.54) is 25.7 Å². The van der Waals surface area contributed by atoms with Gasteiger partial charge in [-0.25, -0.2) is 0 Å². The van der Waals surface area contributed by atoms with Crippen LogP contribution in [0.3, 0.4) is 0 Å². The summed E-state index contributed by atoms with van der Waals surface area (Å²) in [7, 11) is 0. The van der Waals surface area contributed by atoms with Crippen molar-refractivity contribution in [1.29, 1.82) is 0 Å². The Bertz CT molecular complexity index is 293. The van der Waals surface area contributed by atoms with E-state index in [0.717, 1.165) is 37.5 Å². The van der Waals surface area contributed by atoms with Crippen molar-refractivity contribution in [1.82, 2.24) is 15.0 Å². The molecule has 0 bridgehead atoms. The summed E-state index contributed by atoms with van der Waals surface area (Å²) in [4.78, 5) is 0. The van der Waals surface area contributed by atoms with Gasteiger partial charge in [-0.15, -0.1) is 5.10 Å². The van der Waals surface area contributed by atoms with Crippen molar-refractivity contribution < 1.29 is 0 Å². The fourth-order valence-corrected chi connectivity index (χ4v) is 1.77. The number of nitrogens with two attached hydrogens (primary N) is 1. The van der Waals surface area contributed by atoms with Gasteiger partial charge in [0.2, 0.25) is 0 Å². The van der Waals surface area contributed by atoms with Gasteiger partial charge in [-0.1, -0.05) is 31.9 Å². The van der Waals surface area contributed by atoms with E-state index in [1.54, 1.807) is 0 Å². The quantitative estimate of drug-likeness (QED) is 0.672. The van der Waals surface area contributed by atoms with Gasteiger partial charge < -0.3 is 5.73 Å². The molecule has 1 aromatic heterocycles. The van der Waals surface area contributed by atoms with Gasteiger partial charge in [0.15, 0.2) is 0 Å². The molecule has 0 fully saturated rings. The maximum atomic E-state index is 5.46. The zero-order valence-electron chi connectivity index (χ0n) is 11.2. The molecule has 1 aromatic rings. The van der Waals surface area contributed by atoms with E-state index in [4.69, 9.17) is 5.73 Å². The summed E-state index contributed by atoms with van der Waals surface area (Å²) in [5.74, 6) is 0.733. The fourth-order valence-electron chi connectivity index (χ4n) is 1.77. The Kier molecular flexibility index (Phi) is 6.86. The van der Waals surface area contributed by atoms with Gasteiger partial charge in [0.25, 0.3) is 0 Å². The number of aromatic nitrogens is 3. The number of rotatable bonds is 9. The molecule has 0 saturated carbocycles. The van der Waals surface area contributed by atoms with Crippen LogP contribution in [-0.4, -0.2) is 21.5 Å². The normalized spacial score (nSPS) is 11.3. The molecule has 17 heavy (non-hydrogen) atoms. The topological polar surface area (TPSA) is 56.7 Å². The minimum Gasteiger partial charge on any atom is -0.330 e. The molecule has 0 saturated heterocycles. The van der Waals surface area contributed by atoms with Gasteiger partial charge in [-0.05, 0) is 38.1 Å². The number of hydrogen-bond acceptors (Lipinski definition) is 3. The van der Waals surface area contributed by atoms with Crippen LogP contribution >= 0.6 is 0 Å². The van der Waals surface area contributed by atoms with E-state index in [-0.39, 0.29) is 0 Å². The van der Waals surface area contributed by atoms with Crippen LogP contribution in [0.15, 0.2) is 6.20 Å². The first-order valence-electron chi connectivity index (χ1n) is 6.81. The first-order chi connectivity index (χ1) is 8.22. The monoisotopic (exact) mass is 238 g/mol.